The van der Waals surface area contributed by atoms with E-state index in [2.05, 4.69) is 10.6 Å². The molecule has 2 aromatic rings. The number of carbonyl (C=O) groups is 1. The maximum absolute atomic E-state index is 13.4. The van der Waals surface area contributed by atoms with Crippen molar-refractivity contribution in [1.29, 1.82) is 0 Å². The number of halogens is 1. The van der Waals surface area contributed by atoms with Gasteiger partial charge in [0.15, 0.2) is 0 Å². The van der Waals surface area contributed by atoms with Crippen LogP contribution >= 0.6 is 0 Å². The number of nitrogens with two attached hydrogens (primary N) is 1. The van der Waals surface area contributed by atoms with Crippen LogP contribution in [0.1, 0.15) is 0 Å². The lowest BCUT2D eigenvalue weighted by atomic mass is 10.2. The SMILES string of the molecule is Nc1ccc(F)c(NC(=O)Nc2ccccc2)c1. The van der Waals surface area contributed by atoms with Gasteiger partial charge < -0.3 is 16.4 Å². The molecule has 4 N–H and O–H groups in total. The number of hydrogen-bond donors (Lipinski definition) is 3. The topological polar surface area (TPSA) is 67.1 Å². The van der Waals surface area contributed by atoms with Gasteiger partial charge in [-0.25, -0.2) is 9.18 Å². The van der Waals surface area contributed by atoms with Gasteiger partial charge in [0.1, 0.15) is 5.82 Å². The Morgan fingerprint density at radius 3 is 2.50 bits per heavy atom. The molecule has 4 nitrogen and oxygen atoms in total. The molecule has 0 heterocycles. The van der Waals surface area contributed by atoms with Crippen molar-refractivity contribution < 1.29 is 9.18 Å². The molecule has 2 aromatic carbocycles. The highest BCUT2D eigenvalue weighted by Gasteiger charge is 2.07. The van der Waals surface area contributed by atoms with Gasteiger partial charge in [-0.1, -0.05) is 18.2 Å². The van der Waals surface area contributed by atoms with E-state index in [9.17, 15) is 9.18 Å². The second-order valence-corrected chi connectivity index (χ2v) is 3.68. The van der Waals surface area contributed by atoms with Crippen molar-refractivity contribution in [2.45, 2.75) is 0 Å². The van der Waals surface area contributed by atoms with E-state index in [1.54, 1.807) is 24.3 Å². The van der Waals surface area contributed by atoms with E-state index in [0.717, 1.165) is 0 Å². The maximum Gasteiger partial charge on any atom is 0.323 e. The fourth-order valence-corrected chi connectivity index (χ4v) is 1.44. The molecule has 0 saturated carbocycles. The fraction of sp³-hybridized carbons (Fsp3) is 0. The van der Waals surface area contributed by atoms with Crippen molar-refractivity contribution in [1.82, 2.24) is 0 Å². The summed E-state index contributed by atoms with van der Waals surface area (Å²) in [5, 5.41) is 4.97. The number of nitrogens with one attached hydrogen (secondary N) is 2. The molecule has 2 rings (SSSR count). The van der Waals surface area contributed by atoms with Crippen molar-refractivity contribution in [2.75, 3.05) is 16.4 Å². The van der Waals surface area contributed by atoms with Gasteiger partial charge in [-0.05, 0) is 30.3 Å². The van der Waals surface area contributed by atoms with Crippen molar-refractivity contribution in [3.05, 3.63) is 54.3 Å². The van der Waals surface area contributed by atoms with Gasteiger partial charge in [-0.15, -0.1) is 0 Å². The summed E-state index contributed by atoms with van der Waals surface area (Å²) in [7, 11) is 0. The van der Waals surface area contributed by atoms with Crippen molar-refractivity contribution >= 4 is 23.1 Å². The van der Waals surface area contributed by atoms with Crippen LogP contribution in [-0.2, 0) is 0 Å². The predicted molar refractivity (Wildman–Crippen MR) is 69.9 cm³/mol. The predicted octanol–water partition coefficient (Wildman–Crippen LogP) is 3.05. The second kappa shape index (κ2) is 5.18. The number of anilines is 3. The summed E-state index contributed by atoms with van der Waals surface area (Å²) in [6.45, 7) is 0. The lowest BCUT2D eigenvalue weighted by Crippen LogP contribution is -2.20. The minimum absolute atomic E-state index is 0.0448. The highest BCUT2D eigenvalue weighted by molar-refractivity contribution is 6.00. The lowest BCUT2D eigenvalue weighted by molar-refractivity contribution is 0.262. The Kier molecular flexibility index (Phi) is 3.43. The summed E-state index contributed by atoms with van der Waals surface area (Å²) < 4.78 is 13.4. The van der Waals surface area contributed by atoms with Crippen molar-refractivity contribution in [2.24, 2.45) is 0 Å². The highest BCUT2D eigenvalue weighted by atomic mass is 19.1. The van der Waals surface area contributed by atoms with Gasteiger partial charge in [-0.2, -0.15) is 0 Å². The molecule has 0 aliphatic carbocycles. The second-order valence-electron chi connectivity index (χ2n) is 3.68. The molecule has 18 heavy (non-hydrogen) atoms. The highest BCUT2D eigenvalue weighted by Crippen LogP contribution is 2.17. The molecule has 0 aromatic heterocycles. The zero-order valence-corrected chi connectivity index (χ0v) is 9.48. The number of urea groups is 1. The molecule has 0 unspecified atom stereocenters. The Labute approximate surface area is 104 Å². The normalized spacial score (nSPS) is 9.83. The molecule has 0 saturated heterocycles. The van der Waals surface area contributed by atoms with Gasteiger partial charge in [0, 0.05) is 11.4 Å². The van der Waals surface area contributed by atoms with Crippen LogP contribution in [0.15, 0.2) is 48.5 Å². The minimum atomic E-state index is -0.535. The molecule has 0 atom stereocenters. The van der Waals surface area contributed by atoms with E-state index in [-0.39, 0.29) is 5.69 Å². The summed E-state index contributed by atoms with van der Waals surface area (Å²) in [4.78, 5) is 11.6. The van der Waals surface area contributed by atoms with Crippen molar-refractivity contribution in [3.8, 4) is 0 Å². The van der Waals surface area contributed by atoms with Crippen LogP contribution in [-0.4, -0.2) is 6.03 Å². The number of benzene rings is 2. The molecule has 0 aliphatic rings. The summed E-state index contributed by atoms with van der Waals surface area (Å²) in [5.41, 5.74) is 6.57. The van der Waals surface area contributed by atoms with Gasteiger partial charge >= 0.3 is 6.03 Å². The van der Waals surface area contributed by atoms with Crippen LogP contribution in [0.2, 0.25) is 0 Å². The molecule has 0 spiro atoms. The fourth-order valence-electron chi connectivity index (χ4n) is 1.44. The molecular formula is C13H12FN3O. The van der Waals surface area contributed by atoms with Crippen molar-refractivity contribution in [3.63, 3.8) is 0 Å². The molecule has 5 heteroatoms. The first kappa shape index (κ1) is 11.9. The van der Waals surface area contributed by atoms with Crippen LogP contribution in [0.3, 0.4) is 0 Å². The maximum atomic E-state index is 13.4. The van der Waals surface area contributed by atoms with Gasteiger partial charge in [0.2, 0.25) is 0 Å². The Balaban J connectivity index is 2.05. The number of carbonyl (C=O) groups excluding carboxylic acids is 1. The first-order chi connectivity index (χ1) is 8.65. The third kappa shape index (κ3) is 2.98. The largest absolute Gasteiger partial charge is 0.399 e. The van der Waals surface area contributed by atoms with E-state index < -0.39 is 11.8 Å². The molecule has 0 radical (unpaired) electrons. The number of nitrogen functional groups attached to an aromatic ring is 1. The Morgan fingerprint density at radius 2 is 1.78 bits per heavy atom. The third-order valence-corrected chi connectivity index (χ3v) is 2.27. The van der Waals surface area contributed by atoms with Crippen LogP contribution < -0.4 is 16.4 Å². The van der Waals surface area contributed by atoms with Crippen LogP contribution in [0.4, 0.5) is 26.2 Å². The molecule has 92 valence electrons. The summed E-state index contributed by atoms with van der Waals surface area (Å²) >= 11 is 0. The molecule has 2 amide bonds. The Bertz CT molecular complexity index is 557. The quantitative estimate of drug-likeness (QED) is 0.712. The third-order valence-electron chi connectivity index (χ3n) is 2.27. The molecule has 0 aliphatic heterocycles. The van der Waals surface area contributed by atoms with E-state index in [1.807, 2.05) is 6.07 Å². The van der Waals surface area contributed by atoms with E-state index in [1.165, 1.54) is 18.2 Å². The average Bonchev–Trinajstić information content (AvgIpc) is 2.35. The van der Waals surface area contributed by atoms with E-state index in [4.69, 9.17) is 5.73 Å². The van der Waals surface area contributed by atoms with Gasteiger partial charge in [-0.3, -0.25) is 0 Å². The number of hydrogen-bond acceptors (Lipinski definition) is 2. The van der Waals surface area contributed by atoms with E-state index in [0.29, 0.717) is 11.4 Å². The molecular weight excluding hydrogens is 233 g/mol. The average molecular weight is 245 g/mol. The van der Waals surface area contributed by atoms with Crippen LogP contribution in [0.5, 0.6) is 0 Å². The van der Waals surface area contributed by atoms with E-state index >= 15 is 0 Å². The first-order valence-corrected chi connectivity index (χ1v) is 5.33. The molecule has 0 bridgehead atoms. The lowest BCUT2D eigenvalue weighted by Gasteiger charge is -2.08. The van der Waals surface area contributed by atoms with Crippen LogP contribution in [0.25, 0.3) is 0 Å². The summed E-state index contributed by atoms with van der Waals surface area (Å²) in [6.07, 6.45) is 0. The summed E-state index contributed by atoms with van der Waals surface area (Å²) in [5.74, 6) is -0.535. The number of amides is 2. The van der Waals surface area contributed by atoms with Crippen LogP contribution in [0, 0.1) is 5.82 Å². The number of rotatable bonds is 2. The number of para-hydroxylation sites is 1. The summed E-state index contributed by atoms with van der Waals surface area (Å²) in [6, 6.07) is 12.3. The zero-order valence-electron chi connectivity index (χ0n) is 9.48. The standard InChI is InChI=1S/C13H12FN3O/c14-11-7-6-9(15)8-12(11)17-13(18)16-10-4-2-1-3-5-10/h1-8H,15H2,(H2,16,17,18). The Morgan fingerprint density at radius 1 is 1.06 bits per heavy atom. The monoisotopic (exact) mass is 245 g/mol. The first-order valence-electron chi connectivity index (χ1n) is 5.33. The smallest absolute Gasteiger partial charge is 0.323 e. The zero-order chi connectivity index (χ0) is 13.0. The Hall–Kier alpha value is -2.56. The van der Waals surface area contributed by atoms with Gasteiger partial charge in [0.05, 0.1) is 5.69 Å². The minimum Gasteiger partial charge on any atom is -0.399 e. The van der Waals surface area contributed by atoms with Gasteiger partial charge in [0.25, 0.3) is 0 Å². The molecule has 0 fully saturated rings.